The van der Waals surface area contributed by atoms with Gasteiger partial charge in [-0.3, -0.25) is 0 Å². The van der Waals surface area contributed by atoms with Crippen LogP contribution in [0.5, 0.6) is 0 Å². The lowest BCUT2D eigenvalue weighted by Gasteiger charge is -2.39. The molecule has 0 aromatic heterocycles. The van der Waals surface area contributed by atoms with Crippen molar-refractivity contribution in [2.75, 3.05) is 6.61 Å². The largest absolute Gasteiger partial charge is 0.392 e. The van der Waals surface area contributed by atoms with E-state index < -0.39 is 12.2 Å². The summed E-state index contributed by atoms with van der Waals surface area (Å²) in [6.07, 6.45) is 2.22. The molecule has 17 heavy (non-hydrogen) atoms. The summed E-state index contributed by atoms with van der Waals surface area (Å²) in [4.78, 5) is 0. The minimum atomic E-state index is -0.644. The van der Waals surface area contributed by atoms with Crippen LogP contribution in [-0.2, 0) is 0 Å². The van der Waals surface area contributed by atoms with Crippen LogP contribution in [0.3, 0.4) is 0 Å². The van der Waals surface area contributed by atoms with Gasteiger partial charge >= 0.3 is 0 Å². The van der Waals surface area contributed by atoms with E-state index in [-0.39, 0.29) is 12.5 Å². The lowest BCUT2D eigenvalue weighted by atomic mass is 9.70. The summed E-state index contributed by atoms with van der Waals surface area (Å²) in [7, 11) is 0. The minimum Gasteiger partial charge on any atom is -0.392 e. The first-order valence-electron chi connectivity index (χ1n) is 6.40. The fourth-order valence-electron chi connectivity index (χ4n) is 3.15. The SMILES string of the molecule is C=C(CO)[C@@H]1CCC2=C(C1)[C@H](C)[C@@H](O)[C@H](O)C2. The normalized spacial score (nSPS) is 37.9. The Labute approximate surface area is 102 Å². The zero-order chi connectivity index (χ0) is 12.6. The minimum absolute atomic E-state index is 0.0306. The second-order valence-electron chi connectivity index (χ2n) is 5.44. The van der Waals surface area contributed by atoms with E-state index in [1.165, 1.54) is 11.1 Å². The predicted molar refractivity (Wildman–Crippen MR) is 66.4 cm³/mol. The van der Waals surface area contributed by atoms with Gasteiger partial charge in [0.05, 0.1) is 18.8 Å². The van der Waals surface area contributed by atoms with E-state index in [0.717, 1.165) is 24.8 Å². The number of rotatable bonds is 2. The number of aliphatic hydroxyl groups excluding tert-OH is 3. The van der Waals surface area contributed by atoms with E-state index >= 15 is 0 Å². The summed E-state index contributed by atoms with van der Waals surface area (Å²) in [6, 6.07) is 0. The average molecular weight is 238 g/mol. The molecule has 4 atom stereocenters. The van der Waals surface area contributed by atoms with Crippen LogP contribution in [0.4, 0.5) is 0 Å². The molecule has 0 unspecified atom stereocenters. The summed E-state index contributed by atoms with van der Waals surface area (Å²) < 4.78 is 0. The van der Waals surface area contributed by atoms with Crippen molar-refractivity contribution in [3.8, 4) is 0 Å². The van der Waals surface area contributed by atoms with E-state index in [2.05, 4.69) is 6.58 Å². The monoisotopic (exact) mass is 238 g/mol. The fraction of sp³-hybridized carbons (Fsp3) is 0.714. The van der Waals surface area contributed by atoms with Gasteiger partial charge < -0.3 is 15.3 Å². The summed E-state index contributed by atoms with van der Waals surface area (Å²) in [5, 5.41) is 28.8. The van der Waals surface area contributed by atoms with Crippen molar-refractivity contribution >= 4 is 0 Å². The highest BCUT2D eigenvalue weighted by molar-refractivity contribution is 5.28. The Bertz CT molecular complexity index is 345. The van der Waals surface area contributed by atoms with E-state index in [0.29, 0.717) is 12.3 Å². The van der Waals surface area contributed by atoms with Gasteiger partial charge in [-0.15, -0.1) is 0 Å². The molecule has 0 radical (unpaired) electrons. The van der Waals surface area contributed by atoms with Crippen molar-refractivity contribution in [2.45, 2.75) is 44.8 Å². The molecule has 0 aromatic carbocycles. The number of aliphatic hydroxyl groups is 3. The molecule has 0 fully saturated rings. The van der Waals surface area contributed by atoms with Crippen LogP contribution in [0.15, 0.2) is 23.3 Å². The van der Waals surface area contributed by atoms with Gasteiger partial charge in [-0.25, -0.2) is 0 Å². The summed E-state index contributed by atoms with van der Waals surface area (Å²) in [5.74, 6) is 0.367. The summed E-state index contributed by atoms with van der Waals surface area (Å²) in [6.45, 7) is 5.94. The Balaban J connectivity index is 2.17. The van der Waals surface area contributed by atoms with Gasteiger partial charge in [-0.05, 0) is 37.2 Å². The Kier molecular flexibility index (Phi) is 3.71. The highest BCUT2D eigenvalue weighted by Gasteiger charge is 2.36. The smallest absolute Gasteiger partial charge is 0.0864 e. The van der Waals surface area contributed by atoms with Gasteiger partial charge in [0.15, 0.2) is 0 Å². The van der Waals surface area contributed by atoms with Gasteiger partial charge in [0, 0.05) is 5.92 Å². The lowest BCUT2D eigenvalue weighted by molar-refractivity contribution is -0.0143. The second-order valence-corrected chi connectivity index (χ2v) is 5.44. The molecular formula is C14H22O3. The average Bonchev–Trinajstić information content (AvgIpc) is 2.35. The number of hydrogen-bond donors (Lipinski definition) is 3. The maximum atomic E-state index is 9.91. The van der Waals surface area contributed by atoms with Crippen molar-refractivity contribution in [1.82, 2.24) is 0 Å². The van der Waals surface area contributed by atoms with Gasteiger partial charge in [-0.1, -0.05) is 24.6 Å². The van der Waals surface area contributed by atoms with Gasteiger partial charge in [-0.2, -0.15) is 0 Å². The van der Waals surface area contributed by atoms with Crippen LogP contribution < -0.4 is 0 Å². The fourth-order valence-corrected chi connectivity index (χ4v) is 3.15. The predicted octanol–water partition coefficient (Wildman–Crippen LogP) is 1.39. The molecule has 2 aliphatic rings. The molecule has 0 aromatic rings. The molecule has 0 bridgehead atoms. The Hall–Kier alpha value is -0.640. The topological polar surface area (TPSA) is 60.7 Å². The third-order valence-electron chi connectivity index (χ3n) is 4.41. The van der Waals surface area contributed by atoms with Crippen LogP contribution in [0.2, 0.25) is 0 Å². The van der Waals surface area contributed by atoms with Crippen LogP contribution in [-0.4, -0.2) is 34.1 Å². The van der Waals surface area contributed by atoms with Crippen LogP contribution in [0.1, 0.15) is 32.6 Å². The maximum absolute atomic E-state index is 9.91. The molecule has 0 aliphatic heterocycles. The van der Waals surface area contributed by atoms with Crippen molar-refractivity contribution in [3.05, 3.63) is 23.3 Å². The first-order valence-corrected chi connectivity index (χ1v) is 6.40. The standard InChI is InChI=1S/C14H22O3/c1-8(7-15)10-3-4-11-6-13(16)14(17)9(2)12(11)5-10/h9-10,13-17H,1,3-7H2,2H3/t9-,10+,13+,14+/m0/s1. The van der Waals surface area contributed by atoms with Crippen molar-refractivity contribution in [1.29, 1.82) is 0 Å². The Morgan fingerprint density at radius 2 is 2.06 bits per heavy atom. The van der Waals surface area contributed by atoms with Crippen molar-refractivity contribution in [3.63, 3.8) is 0 Å². The van der Waals surface area contributed by atoms with Crippen LogP contribution in [0.25, 0.3) is 0 Å². The molecule has 0 spiro atoms. The molecule has 0 amide bonds. The molecule has 0 saturated heterocycles. The maximum Gasteiger partial charge on any atom is 0.0864 e. The Morgan fingerprint density at radius 1 is 1.35 bits per heavy atom. The van der Waals surface area contributed by atoms with E-state index in [1.807, 2.05) is 6.92 Å². The van der Waals surface area contributed by atoms with Crippen molar-refractivity contribution < 1.29 is 15.3 Å². The highest BCUT2D eigenvalue weighted by atomic mass is 16.3. The zero-order valence-corrected chi connectivity index (χ0v) is 10.4. The molecule has 0 saturated carbocycles. The van der Waals surface area contributed by atoms with E-state index in [4.69, 9.17) is 5.11 Å². The molecular weight excluding hydrogens is 216 g/mol. The van der Waals surface area contributed by atoms with Crippen molar-refractivity contribution in [2.24, 2.45) is 11.8 Å². The third-order valence-corrected chi connectivity index (χ3v) is 4.41. The first kappa shape index (κ1) is 12.8. The summed E-state index contributed by atoms with van der Waals surface area (Å²) >= 11 is 0. The van der Waals surface area contributed by atoms with E-state index in [9.17, 15) is 10.2 Å². The van der Waals surface area contributed by atoms with Crippen LogP contribution in [0, 0.1) is 11.8 Å². The van der Waals surface area contributed by atoms with Gasteiger partial charge in [0.2, 0.25) is 0 Å². The summed E-state index contributed by atoms with van der Waals surface area (Å²) in [5.41, 5.74) is 3.50. The highest BCUT2D eigenvalue weighted by Crippen LogP contribution is 2.42. The first-order chi connectivity index (χ1) is 8.04. The van der Waals surface area contributed by atoms with Crippen LogP contribution >= 0.6 is 0 Å². The zero-order valence-electron chi connectivity index (χ0n) is 10.4. The molecule has 3 heteroatoms. The molecule has 96 valence electrons. The molecule has 3 N–H and O–H groups in total. The molecule has 0 heterocycles. The molecule has 3 nitrogen and oxygen atoms in total. The van der Waals surface area contributed by atoms with Gasteiger partial charge in [0.1, 0.15) is 0 Å². The second kappa shape index (κ2) is 4.92. The van der Waals surface area contributed by atoms with Gasteiger partial charge in [0.25, 0.3) is 0 Å². The van der Waals surface area contributed by atoms with E-state index in [1.54, 1.807) is 0 Å². The molecule has 2 rings (SSSR count). The Morgan fingerprint density at radius 3 is 2.71 bits per heavy atom. The number of hydrogen-bond acceptors (Lipinski definition) is 3. The quantitative estimate of drug-likeness (QED) is 0.637. The molecule has 2 aliphatic carbocycles. The lowest BCUT2D eigenvalue weighted by Crippen LogP contribution is -2.39. The third kappa shape index (κ3) is 2.32.